The first-order valence-electron chi connectivity index (χ1n) is 8.14. The number of benzene rings is 2. The van der Waals surface area contributed by atoms with Crippen molar-refractivity contribution in [2.75, 3.05) is 0 Å². The smallest absolute Gasteiger partial charge is 0.182 e. The predicted octanol–water partition coefficient (Wildman–Crippen LogP) is 4.61. The summed E-state index contributed by atoms with van der Waals surface area (Å²) in [7, 11) is 0. The van der Waals surface area contributed by atoms with Gasteiger partial charge in [-0.2, -0.15) is 0 Å². The lowest BCUT2D eigenvalue weighted by atomic mass is 10.0. The van der Waals surface area contributed by atoms with Crippen LogP contribution in [-0.4, -0.2) is 19.6 Å². The lowest BCUT2D eigenvalue weighted by Gasteiger charge is -2.08. The Hall–Kier alpha value is -3.53. The first-order valence-corrected chi connectivity index (χ1v) is 8.14. The minimum Gasteiger partial charge on any atom is -0.264 e. The molecule has 3 aromatic heterocycles. The number of hydrogen-bond acceptors (Lipinski definition) is 3. The Balaban J connectivity index is 1.88. The van der Waals surface area contributed by atoms with E-state index in [1.54, 1.807) is 0 Å². The molecule has 4 nitrogen and oxygen atoms in total. The zero-order chi connectivity index (χ0) is 16.6. The lowest BCUT2D eigenvalue weighted by molar-refractivity contribution is 0.974. The molecule has 3 heterocycles. The molecule has 0 saturated carbocycles. The second-order valence-electron chi connectivity index (χ2n) is 5.90. The fourth-order valence-electron chi connectivity index (χ4n) is 3.17. The quantitative estimate of drug-likeness (QED) is 0.476. The summed E-state index contributed by atoms with van der Waals surface area (Å²) in [6.07, 6.45) is 5.67. The highest BCUT2D eigenvalue weighted by molar-refractivity contribution is 6.02. The van der Waals surface area contributed by atoms with Gasteiger partial charge in [-0.1, -0.05) is 60.7 Å². The number of nitrogens with zero attached hydrogens (tertiary/aromatic N) is 4. The molecule has 0 radical (unpaired) electrons. The summed E-state index contributed by atoms with van der Waals surface area (Å²) in [4.78, 5) is 9.10. The first-order chi connectivity index (χ1) is 12.4. The van der Waals surface area contributed by atoms with Gasteiger partial charge in [0.05, 0.1) is 0 Å². The largest absolute Gasteiger partial charge is 0.264 e. The van der Waals surface area contributed by atoms with Gasteiger partial charge in [-0.05, 0) is 17.0 Å². The van der Waals surface area contributed by atoms with Gasteiger partial charge in [0.15, 0.2) is 11.5 Å². The van der Waals surface area contributed by atoms with Crippen LogP contribution in [-0.2, 0) is 0 Å². The van der Waals surface area contributed by atoms with E-state index in [4.69, 9.17) is 10.1 Å². The maximum absolute atomic E-state index is 4.84. The average Bonchev–Trinajstić information content (AvgIpc) is 3.11. The van der Waals surface area contributed by atoms with Crippen molar-refractivity contribution < 1.29 is 0 Å². The van der Waals surface area contributed by atoms with E-state index in [0.29, 0.717) is 0 Å². The number of hydrogen-bond donors (Lipinski definition) is 0. The Bertz CT molecular complexity index is 1180. The van der Waals surface area contributed by atoms with E-state index in [0.717, 1.165) is 38.9 Å². The minimum atomic E-state index is 0.723. The first kappa shape index (κ1) is 13.9. The zero-order valence-electron chi connectivity index (χ0n) is 13.4. The number of pyridine rings is 2. The second kappa shape index (κ2) is 5.53. The van der Waals surface area contributed by atoms with Crippen LogP contribution in [0.4, 0.5) is 0 Å². The third kappa shape index (κ3) is 2.27. The van der Waals surface area contributed by atoms with Crippen LogP contribution in [0, 0.1) is 0 Å². The van der Waals surface area contributed by atoms with Crippen LogP contribution in [0.3, 0.4) is 0 Å². The normalized spacial score (nSPS) is 11.2. The number of aromatic nitrogens is 4. The van der Waals surface area contributed by atoms with Crippen molar-refractivity contribution in [2.45, 2.75) is 0 Å². The van der Waals surface area contributed by atoms with Crippen molar-refractivity contribution in [3.8, 4) is 22.5 Å². The highest BCUT2D eigenvalue weighted by Gasteiger charge is 2.15. The molecule has 0 bridgehead atoms. The van der Waals surface area contributed by atoms with Crippen molar-refractivity contribution in [3.63, 3.8) is 0 Å². The summed E-state index contributed by atoms with van der Waals surface area (Å²) in [5.41, 5.74) is 4.06. The van der Waals surface area contributed by atoms with Gasteiger partial charge in [-0.15, -0.1) is 5.10 Å². The maximum Gasteiger partial charge on any atom is 0.182 e. The SMILES string of the molecule is c1ccc(-c2nc3c(-c4ccccc4)c4ccncc4cn3n2)cc1. The van der Waals surface area contributed by atoms with E-state index in [9.17, 15) is 0 Å². The highest BCUT2D eigenvalue weighted by atomic mass is 15.3. The molecule has 0 aliphatic carbocycles. The van der Waals surface area contributed by atoms with E-state index in [2.05, 4.69) is 17.1 Å². The molecule has 0 atom stereocenters. The predicted molar refractivity (Wildman–Crippen MR) is 99.2 cm³/mol. The molecule has 2 aromatic carbocycles. The van der Waals surface area contributed by atoms with Crippen molar-refractivity contribution >= 4 is 16.4 Å². The maximum atomic E-state index is 4.84. The topological polar surface area (TPSA) is 43.1 Å². The number of rotatable bonds is 2. The molecule has 0 N–H and O–H groups in total. The Labute approximate surface area is 144 Å². The summed E-state index contributed by atoms with van der Waals surface area (Å²) < 4.78 is 1.86. The van der Waals surface area contributed by atoms with Crippen LogP contribution >= 0.6 is 0 Å². The molecule has 5 rings (SSSR count). The van der Waals surface area contributed by atoms with Gasteiger partial charge in [0.25, 0.3) is 0 Å². The molecule has 0 unspecified atom stereocenters. The fourth-order valence-corrected chi connectivity index (χ4v) is 3.17. The molecule has 0 aliphatic heterocycles. The lowest BCUT2D eigenvalue weighted by Crippen LogP contribution is -1.93. The molecule has 0 aliphatic rings. The summed E-state index contributed by atoms with van der Waals surface area (Å²) in [6.45, 7) is 0. The zero-order valence-corrected chi connectivity index (χ0v) is 13.4. The minimum absolute atomic E-state index is 0.723. The summed E-state index contributed by atoms with van der Waals surface area (Å²) in [5.74, 6) is 0.723. The van der Waals surface area contributed by atoms with Gasteiger partial charge >= 0.3 is 0 Å². The van der Waals surface area contributed by atoms with Crippen molar-refractivity contribution in [2.24, 2.45) is 0 Å². The number of fused-ring (bicyclic) bond motifs is 2. The van der Waals surface area contributed by atoms with Crippen molar-refractivity contribution in [1.82, 2.24) is 19.6 Å². The molecule has 118 valence electrons. The van der Waals surface area contributed by atoms with E-state index in [1.807, 2.05) is 77.7 Å². The average molecular weight is 322 g/mol. The molecule has 0 amide bonds. The molecule has 4 heteroatoms. The molecule has 5 aromatic rings. The van der Waals surface area contributed by atoms with Crippen LogP contribution in [0.15, 0.2) is 85.3 Å². The standard InChI is InChI=1S/C21H14N4/c1-3-7-15(8-4-1)19-18-11-12-22-13-17(18)14-25-21(19)23-20(24-25)16-9-5-2-6-10-16/h1-14H. The summed E-state index contributed by atoms with van der Waals surface area (Å²) in [5, 5.41) is 6.86. The Kier molecular flexibility index (Phi) is 3.07. The second-order valence-corrected chi connectivity index (χ2v) is 5.90. The monoisotopic (exact) mass is 322 g/mol. The Morgan fingerprint density at radius 3 is 2.24 bits per heavy atom. The van der Waals surface area contributed by atoms with Crippen molar-refractivity contribution in [3.05, 3.63) is 85.3 Å². The van der Waals surface area contributed by atoms with E-state index in [-0.39, 0.29) is 0 Å². The summed E-state index contributed by atoms with van der Waals surface area (Å²) >= 11 is 0. The molecule has 0 fully saturated rings. The molecular formula is C21H14N4. The van der Waals surface area contributed by atoms with Crippen LogP contribution in [0.2, 0.25) is 0 Å². The van der Waals surface area contributed by atoms with Crippen LogP contribution in [0.25, 0.3) is 38.9 Å². The third-order valence-electron chi connectivity index (χ3n) is 4.33. The van der Waals surface area contributed by atoms with Crippen molar-refractivity contribution in [1.29, 1.82) is 0 Å². The van der Waals surface area contributed by atoms with Crippen LogP contribution < -0.4 is 0 Å². The molecular weight excluding hydrogens is 308 g/mol. The Morgan fingerprint density at radius 2 is 1.48 bits per heavy atom. The van der Waals surface area contributed by atoms with Gasteiger partial charge in [0.1, 0.15) is 0 Å². The van der Waals surface area contributed by atoms with E-state index < -0.39 is 0 Å². The van der Waals surface area contributed by atoms with E-state index >= 15 is 0 Å². The van der Waals surface area contributed by atoms with Gasteiger partial charge in [-0.3, -0.25) is 4.98 Å². The molecule has 0 saturated heterocycles. The molecule has 25 heavy (non-hydrogen) atoms. The fraction of sp³-hybridized carbons (Fsp3) is 0. The highest BCUT2D eigenvalue weighted by Crippen LogP contribution is 2.32. The Morgan fingerprint density at radius 1 is 0.760 bits per heavy atom. The molecule has 0 spiro atoms. The third-order valence-corrected chi connectivity index (χ3v) is 4.33. The van der Waals surface area contributed by atoms with Crippen LogP contribution in [0.1, 0.15) is 0 Å². The van der Waals surface area contributed by atoms with Gasteiger partial charge in [-0.25, -0.2) is 9.50 Å². The van der Waals surface area contributed by atoms with Gasteiger partial charge < -0.3 is 0 Å². The van der Waals surface area contributed by atoms with E-state index in [1.165, 1.54) is 0 Å². The van der Waals surface area contributed by atoms with Gasteiger partial charge in [0.2, 0.25) is 0 Å². The van der Waals surface area contributed by atoms with Gasteiger partial charge in [0, 0.05) is 35.1 Å². The van der Waals surface area contributed by atoms with Crippen LogP contribution in [0.5, 0.6) is 0 Å². The summed E-state index contributed by atoms with van der Waals surface area (Å²) in [6, 6.07) is 22.4.